The van der Waals surface area contributed by atoms with Crippen molar-refractivity contribution < 1.29 is 9.59 Å². The second-order valence-electron chi connectivity index (χ2n) is 6.45. The molecule has 136 valence electrons. The van der Waals surface area contributed by atoms with Crippen molar-refractivity contribution >= 4 is 17.5 Å². The van der Waals surface area contributed by atoms with Crippen molar-refractivity contribution in [2.24, 2.45) is 0 Å². The smallest absolute Gasteiger partial charge is 0.254 e. The monoisotopic (exact) mass is 358 g/mol. The van der Waals surface area contributed by atoms with E-state index >= 15 is 0 Å². The number of hydrogen-bond donors (Lipinski definition) is 1. The number of carbonyl (C=O) groups excluding carboxylic acids is 2. The number of anilines is 1. The number of likely N-dealkylation sites (N-methyl/N-ethyl adjacent to an activating group) is 1. The normalized spacial score (nSPS) is 11.5. The van der Waals surface area contributed by atoms with E-state index < -0.39 is 6.04 Å². The van der Waals surface area contributed by atoms with Crippen LogP contribution in [-0.4, -0.2) is 23.8 Å². The Hall–Kier alpha value is -3.40. The standard InChI is InChI=1S/C23H22N2O2/c1-17-13-15-20(16-14-17)24-22(26)21(18-9-5-3-6-10-18)25(2)23(27)19-11-7-4-8-12-19/h3-16,21H,1-2H3,(H,24,26). The van der Waals surface area contributed by atoms with Gasteiger partial charge in [0.05, 0.1) is 0 Å². The third-order valence-electron chi connectivity index (χ3n) is 4.41. The van der Waals surface area contributed by atoms with E-state index in [1.807, 2.05) is 79.7 Å². The van der Waals surface area contributed by atoms with Crippen molar-refractivity contribution in [3.05, 3.63) is 102 Å². The predicted octanol–water partition coefficient (Wildman–Crippen LogP) is 4.45. The lowest BCUT2D eigenvalue weighted by atomic mass is 10.0. The Labute approximate surface area is 159 Å². The highest BCUT2D eigenvalue weighted by Gasteiger charge is 2.29. The Morgan fingerprint density at radius 3 is 1.96 bits per heavy atom. The van der Waals surface area contributed by atoms with E-state index in [0.717, 1.165) is 11.1 Å². The maximum Gasteiger partial charge on any atom is 0.254 e. The molecule has 0 aliphatic rings. The summed E-state index contributed by atoms with van der Waals surface area (Å²) in [5, 5.41) is 2.92. The van der Waals surface area contributed by atoms with Crippen LogP contribution in [-0.2, 0) is 4.79 Å². The van der Waals surface area contributed by atoms with E-state index in [2.05, 4.69) is 5.32 Å². The Kier molecular flexibility index (Phi) is 5.67. The summed E-state index contributed by atoms with van der Waals surface area (Å²) in [5.41, 5.74) is 3.12. The highest BCUT2D eigenvalue weighted by Crippen LogP contribution is 2.23. The molecule has 2 amide bonds. The summed E-state index contributed by atoms with van der Waals surface area (Å²) in [6.45, 7) is 1.99. The summed E-state index contributed by atoms with van der Waals surface area (Å²) in [6, 6.07) is 25.1. The highest BCUT2D eigenvalue weighted by molar-refractivity contribution is 6.01. The highest BCUT2D eigenvalue weighted by atomic mass is 16.2. The van der Waals surface area contributed by atoms with Crippen LogP contribution in [0.2, 0.25) is 0 Å². The molecule has 0 saturated carbocycles. The number of hydrogen-bond acceptors (Lipinski definition) is 2. The maximum absolute atomic E-state index is 13.1. The van der Waals surface area contributed by atoms with Crippen LogP contribution in [0.3, 0.4) is 0 Å². The van der Waals surface area contributed by atoms with Gasteiger partial charge in [0.2, 0.25) is 0 Å². The second-order valence-corrected chi connectivity index (χ2v) is 6.45. The van der Waals surface area contributed by atoms with Crippen LogP contribution in [0.1, 0.15) is 27.5 Å². The maximum atomic E-state index is 13.1. The van der Waals surface area contributed by atoms with Gasteiger partial charge in [-0.05, 0) is 36.8 Å². The van der Waals surface area contributed by atoms with Crippen LogP contribution in [0, 0.1) is 6.92 Å². The quantitative estimate of drug-likeness (QED) is 0.733. The summed E-state index contributed by atoms with van der Waals surface area (Å²) in [4.78, 5) is 27.5. The van der Waals surface area contributed by atoms with Crippen LogP contribution in [0.4, 0.5) is 5.69 Å². The summed E-state index contributed by atoms with van der Waals surface area (Å²) in [6.07, 6.45) is 0. The number of benzene rings is 3. The van der Waals surface area contributed by atoms with Crippen LogP contribution in [0.15, 0.2) is 84.9 Å². The molecule has 1 N–H and O–H groups in total. The van der Waals surface area contributed by atoms with Gasteiger partial charge in [0, 0.05) is 18.3 Å². The zero-order valence-corrected chi connectivity index (χ0v) is 15.4. The number of nitrogens with one attached hydrogen (secondary N) is 1. The molecule has 0 bridgehead atoms. The van der Waals surface area contributed by atoms with Gasteiger partial charge in [-0.2, -0.15) is 0 Å². The lowest BCUT2D eigenvalue weighted by molar-refractivity contribution is -0.120. The van der Waals surface area contributed by atoms with Crippen LogP contribution < -0.4 is 5.32 Å². The molecule has 4 nitrogen and oxygen atoms in total. The average molecular weight is 358 g/mol. The molecular formula is C23H22N2O2. The SMILES string of the molecule is Cc1ccc(NC(=O)C(c2ccccc2)N(C)C(=O)c2ccccc2)cc1. The molecule has 3 rings (SSSR count). The Bertz CT molecular complexity index is 906. The molecule has 0 aliphatic heterocycles. The lowest BCUT2D eigenvalue weighted by Crippen LogP contribution is -2.38. The first-order valence-corrected chi connectivity index (χ1v) is 8.81. The number of rotatable bonds is 5. The molecule has 0 aromatic heterocycles. The number of nitrogens with zero attached hydrogens (tertiary/aromatic N) is 1. The Morgan fingerprint density at radius 2 is 1.37 bits per heavy atom. The molecule has 4 heteroatoms. The first-order chi connectivity index (χ1) is 13.1. The van der Waals surface area contributed by atoms with Crippen molar-refractivity contribution in [1.29, 1.82) is 0 Å². The van der Waals surface area contributed by atoms with Crippen molar-refractivity contribution in [3.63, 3.8) is 0 Å². The fourth-order valence-electron chi connectivity index (χ4n) is 2.94. The van der Waals surface area contributed by atoms with Gasteiger partial charge < -0.3 is 10.2 Å². The van der Waals surface area contributed by atoms with Crippen molar-refractivity contribution in [1.82, 2.24) is 4.90 Å². The molecule has 1 atom stereocenters. The molecule has 0 fully saturated rings. The number of aryl methyl sites for hydroxylation is 1. The third-order valence-corrected chi connectivity index (χ3v) is 4.41. The van der Waals surface area contributed by atoms with E-state index in [0.29, 0.717) is 11.3 Å². The van der Waals surface area contributed by atoms with Gasteiger partial charge in [-0.25, -0.2) is 0 Å². The molecule has 3 aromatic carbocycles. The van der Waals surface area contributed by atoms with Gasteiger partial charge in [-0.15, -0.1) is 0 Å². The minimum atomic E-state index is -0.736. The topological polar surface area (TPSA) is 49.4 Å². The van der Waals surface area contributed by atoms with Gasteiger partial charge in [0.1, 0.15) is 6.04 Å². The molecule has 3 aromatic rings. The van der Waals surface area contributed by atoms with Gasteiger partial charge in [-0.3, -0.25) is 9.59 Å². The molecule has 0 heterocycles. The minimum Gasteiger partial charge on any atom is -0.326 e. The van der Waals surface area contributed by atoms with E-state index in [9.17, 15) is 9.59 Å². The van der Waals surface area contributed by atoms with Crippen molar-refractivity contribution in [3.8, 4) is 0 Å². The first-order valence-electron chi connectivity index (χ1n) is 8.81. The molecule has 27 heavy (non-hydrogen) atoms. The van der Waals surface area contributed by atoms with Crippen LogP contribution in [0.5, 0.6) is 0 Å². The van der Waals surface area contributed by atoms with Crippen LogP contribution >= 0.6 is 0 Å². The van der Waals surface area contributed by atoms with E-state index in [1.54, 1.807) is 19.2 Å². The molecule has 0 spiro atoms. The molecule has 0 saturated heterocycles. The largest absolute Gasteiger partial charge is 0.326 e. The van der Waals surface area contributed by atoms with E-state index in [4.69, 9.17) is 0 Å². The second kappa shape index (κ2) is 8.32. The van der Waals surface area contributed by atoms with Gasteiger partial charge in [0.15, 0.2) is 0 Å². The molecule has 1 unspecified atom stereocenters. The fourth-order valence-corrected chi connectivity index (χ4v) is 2.94. The van der Waals surface area contributed by atoms with E-state index in [1.165, 1.54) is 4.90 Å². The average Bonchev–Trinajstić information content (AvgIpc) is 2.71. The van der Waals surface area contributed by atoms with Crippen molar-refractivity contribution in [2.75, 3.05) is 12.4 Å². The first kappa shape index (κ1) is 18.4. The summed E-state index contributed by atoms with van der Waals surface area (Å²) in [5.74, 6) is -0.458. The van der Waals surface area contributed by atoms with Gasteiger partial charge >= 0.3 is 0 Å². The lowest BCUT2D eigenvalue weighted by Gasteiger charge is -2.28. The molecule has 0 aliphatic carbocycles. The summed E-state index contributed by atoms with van der Waals surface area (Å²) < 4.78 is 0. The number of amides is 2. The summed E-state index contributed by atoms with van der Waals surface area (Å²) in [7, 11) is 1.65. The summed E-state index contributed by atoms with van der Waals surface area (Å²) >= 11 is 0. The molecular weight excluding hydrogens is 336 g/mol. The predicted molar refractivity (Wildman–Crippen MR) is 108 cm³/mol. The fraction of sp³-hybridized carbons (Fsp3) is 0.130. The Balaban J connectivity index is 1.90. The Morgan fingerprint density at radius 1 is 0.815 bits per heavy atom. The van der Waals surface area contributed by atoms with E-state index in [-0.39, 0.29) is 11.8 Å². The van der Waals surface area contributed by atoms with Gasteiger partial charge in [-0.1, -0.05) is 66.2 Å². The zero-order chi connectivity index (χ0) is 19.2. The van der Waals surface area contributed by atoms with Gasteiger partial charge in [0.25, 0.3) is 11.8 Å². The number of carbonyl (C=O) groups is 2. The zero-order valence-electron chi connectivity index (χ0n) is 15.4. The van der Waals surface area contributed by atoms with Crippen molar-refractivity contribution in [2.45, 2.75) is 13.0 Å². The minimum absolute atomic E-state index is 0.205. The van der Waals surface area contributed by atoms with Crippen LogP contribution in [0.25, 0.3) is 0 Å². The molecule has 0 radical (unpaired) electrons. The third kappa shape index (κ3) is 4.42.